The minimum absolute atomic E-state index is 0.212. The quantitative estimate of drug-likeness (QED) is 0.378. The molecule has 3 aromatic rings. The Bertz CT molecular complexity index is 1430. The van der Waals surface area contributed by atoms with E-state index in [1.165, 1.54) is 0 Å². The van der Waals surface area contributed by atoms with Crippen molar-refractivity contribution in [1.82, 2.24) is 15.1 Å². The zero-order valence-corrected chi connectivity index (χ0v) is 25.1. The molecular formula is C32H36BrN5O3. The molecule has 1 atom stereocenters. The number of anilines is 2. The summed E-state index contributed by atoms with van der Waals surface area (Å²) in [6.07, 6.45) is 1.56. The van der Waals surface area contributed by atoms with E-state index in [0.717, 1.165) is 65.0 Å². The van der Waals surface area contributed by atoms with Crippen molar-refractivity contribution in [3.05, 3.63) is 82.3 Å². The van der Waals surface area contributed by atoms with Gasteiger partial charge in [-0.25, -0.2) is 0 Å². The highest BCUT2D eigenvalue weighted by molar-refractivity contribution is 9.10. The lowest BCUT2D eigenvalue weighted by atomic mass is 9.98. The van der Waals surface area contributed by atoms with Gasteiger partial charge in [-0.2, -0.15) is 0 Å². The van der Waals surface area contributed by atoms with Crippen LogP contribution in [0, 0.1) is 0 Å². The topological polar surface area (TPSA) is 85.0 Å². The minimum atomic E-state index is -0.704. The number of likely N-dealkylation sites (tertiary alicyclic amines) is 1. The number of rotatable bonds is 7. The molecule has 0 aromatic heterocycles. The van der Waals surface area contributed by atoms with Gasteiger partial charge in [-0.1, -0.05) is 64.5 Å². The molecule has 3 amide bonds. The Kier molecular flexibility index (Phi) is 9.05. The van der Waals surface area contributed by atoms with E-state index in [0.29, 0.717) is 18.7 Å². The smallest absolute Gasteiger partial charge is 0.313 e. The van der Waals surface area contributed by atoms with Gasteiger partial charge in [0.25, 0.3) is 0 Å². The average Bonchev–Trinajstić information content (AvgIpc) is 3.36. The molecule has 9 heteroatoms. The van der Waals surface area contributed by atoms with E-state index in [1.807, 2.05) is 71.6 Å². The first kappa shape index (κ1) is 28.8. The lowest BCUT2D eigenvalue weighted by molar-refractivity contribution is -0.136. The zero-order valence-electron chi connectivity index (χ0n) is 23.5. The second-order valence-electron chi connectivity index (χ2n) is 10.9. The maximum absolute atomic E-state index is 13.0. The molecule has 2 N–H and O–H groups in total. The standard InChI is InChI=1S/C32H36BrN5O3/c1-22-20-36(2)16-17-38(22)29-14-13-26(33)18-28(29)35-32(41)31(40)34-19-25-6-3-4-7-27(25)24-11-9-23(10-12-24)21-37-15-5-8-30(37)39/h3-4,6-7,9-14,18,22H,5,8,15-17,19-21H2,1-2H3,(H,34,40)(H,35,41). The molecule has 1 unspecified atom stereocenters. The molecule has 3 aromatic carbocycles. The number of hydrogen-bond acceptors (Lipinski definition) is 5. The molecule has 5 rings (SSSR count). The number of likely N-dealkylation sites (N-methyl/N-ethyl adjacent to an activating group) is 1. The summed E-state index contributed by atoms with van der Waals surface area (Å²) >= 11 is 3.50. The molecular weight excluding hydrogens is 582 g/mol. The predicted molar refractivity (Wildman–Crippen MR) is 165 cm³/mol. The van der Waals surface area contributed by atoms with Crippen molar-refractivity contribution in [3.8, 4) is 11.1 Å². The van der Waals surface area contributed by atoms with Gasteiger partial charge in [0.1, 0.15) is 0 Å². The normalized spacial score (nSPS) is 17.5. The molecule has 2 saturated heterocycles. The first-order chi connectivity index (χ1) is 19.8. The van der Waals surface area contributed by atoms with Crippen LogP contribution in [-0.4, -0.2) is 66.8 Å². The van der Waals surface area contributed by atoms with Gasteiger partial charge in [0.05, 0.1) is 11.4 Å². The van der Waals surface area contributed by atoms with E-state index >= 15 is 0 Å². The molecule has 0 bridgehead atoms. The van der Waals surface area contributed by atoms with Crippen LogP contribution in [0.15, 0.2) is 71.2 Å². The molecule has 0 radical (unpaired) electrons. The summed E-state index contributed by atoms with van der Waals surface area (Å²) in [7, 11) is 2.11. The van der Waals surface area contributed by atoms with Crippen LogP contribution in [-0.2, 0) is 27.5 Å². The Labute approximate surface area is 249 Å². The molecule has 0 aliphatic carbocycles. The minimum Gasteiger partial charge on any atom is -0.365 e. The predicted octanol–water partition coefficient (Wildman–Crippen LogP) is 4.63. The van der Waals surface area contributed by atoms with Crippen LogP contribution in [0.25, 0.3) is 11.1 Å². The lowest BCUT2D eigenvalue weighted by Gasteiger charge is -2.40. The Morgan fingerprint density at radius 3 is 2.49 bits per heavy atom. The van der Waals surface area contributed by atoms with Gasteiger partial charge >= 0.3 is 11.8 Å². The molecule has 2 aliphatic heterocycles. The monoisotopic (exact) mass is 617 g/mol. The molecule has 2 fully saturated rings. The highest BCUT2D eigenvalue weighted by Crippen LogP contribution is 2.32. The summed E-state index contributed by atoms with van der Waals surface area (Å²) in [5, 5.41) is 5.63. The van der Waals surface area contributed by atoms with Crippen LogP contribution in [0.5, 0.6) is 0 Å². The molecule has 0 spiro atoms. The van der Waals surface area contributed by atoms with Gasteiger partial charge in [-0.05, 0) is 60.8 Å². The van der Waals surface area contributed by atoms with E-state index in [4.69, 9.17) is 0 Å². The van der Waals surface area contributed by atoms with E-state index in [-0.39, 0.29) is 18.5 Å². The Morgan fingerprint density at radius 1 is 0.976 bits per heavy atom. The van der Waals surface area contributed by atoms with Gasteiger partial charge in [0, 0.05) is 56.2 Å². The highest BCUT2D eigenvalue weighted by Gasteiger charge is 2.25. The summed E-state index contributed by atoms with van der Waals surface area (Å²) in [5.41, 5.74) is 5.49. The molecule has 8 nitrogen and oxygen atoms in total. The Hall–Kier alpha value is -3.69. The third-order valence-corrected chi connectivity index (χ3v) is 8.31. The van der Waals surface area contributed by atoms with Gasteiger partial charge < -0.3 is 25.3 Å². The Morgan fingerprint density at radius 2 is 1.76 bits per heavy atom. The number of halogens is 1. The van der Waals surface area contributed by atoms with Crippen LogP contribution >= 0.6 is 15.9 Å². The second-order valence-corrected chi connectivity index (χ2v) is 11.8. The third-order valence-electron chi connectivity index (χ3n) is 7.82. The van der Waals surface area contributed by atoms with E-state index < -0.39 is 11.8 Å². The van der Waals surface area contributed by atoms with Crippen LogP contribution < -0.4 is 15.5 Å². The fraction of sp³-hybridized carbons (Fsp3) is 0.344. The lowest BCUT2D eigenvalue weighted by Crippen LogP contribution is -2.50. The van der Waals surface area contributed by atoms with E-state index in [2.05, 4.69) is 50.3 Å². The van der Waals surface area contributed by atoms with Crippen molar-refractivity contribution in [2.24, 2.45) is 0 Å². The van der Waals surface area contributed by atoms with Crippen LogP contribution in [0.3, 0.4) is 0 Å². The first-order valence-corrected chi connectivity index (χ1v) is 14.9. The fourth-order valence-corrected chi connectivity index (χ4v) is 5.99. The van der Waals surface area contributed by atoms with Gasteiger partial charge in [-0.3, -0.25) is 14.4 Å². The third kappa shape index (κ3) is 6.97. The maximum Gasteiger partial charge on any atom is 0.313 e. The number of benzene rings is 3. The summed E-state index contributed by atoms with van der Waals surface area (Å²) in [6, 6.07) is 22.0. The summed E-state index contributed by atoms with van der Waals surface area (Å²) in [4.78, 5) is 44.3. The number of carbonyl (C=O) groups is 3. The Balaban J connectivity index is 1.23. The van der Waals surface area contributed by atoms with Gasteiger partial charge in [-0.15, -0.1) is 0 Å². The fourth-order valence-electron chi connectivity index (χ4n) is 5.63. The first-order valence-electron chi connectivity index (χ1n) is 14.1. The average molecular weight is 619 g/mol. The van der Waals surface area contributed by atoms with Crippen LogP contribution in [0.2, 0.25) is 0 Å². The van der Waals surface area contributed by atoms with Crippen molar-refractivity contribution < 1.29 is 14.4 Å². The molecule has 2 aliphatic rings. The van der Waals surface area contributed by atoms with E-state index in [9.17, 15) is 14.4 Å². The zero-order chi connectivity index (χ0) is 28.9. The highest BCUT2D eigenvalue weighted by atomic mass is 79.9. The number of nitrogens with one attached hydrogen (secondary N) is 2. The van der Waals surface area contributed by atoms with Crippen molar-refractivity contribution >= 4 is 45.0 Å². The largest absolute Gasteiger partial charge is 0.365 e. The van der Waals surface area contributed by atoms with Crippen molar-refractivity contribution in [1.29, 1.82) is 0 Å². The molecule has 214 valence electrons. The number of piperazine rings is 1. The van der Waals surface area contributed by atoms with Crippen LogP contribution in [0.1, 0.15) is 30.9 Å². The molecule has 0 saturated carbocycles. The van der Waals surface area contributed by atoms with Gasteiger partial charge in [0.15, 0.2) is 0 Å². The summed E-state index contributed by atoms with van der Waals surface area (Å²) in [6.45, 7) is 6.50. The number of hydrogen-bond donors (Lipinski definition) is 2. The van der Waals surface area contributed by atoms with Crippen molar-refractivity contribution in [2.75, 3.05) is 43.4 Å². The SMILES string of the molecule is CC1CN(C)CCN1c1ccc(Br)cc1NC(=O)C(=O)NCc1ccccc1-c1ccc(CN2CCCC2=O)cc1. The number of nitrogens with zero attached hydrogens (tertiary/aromatic N) is 3. The van der Waals surface area contributed by atoms with Crippen molar-refractivity contribution in [2.45, 2.75) is 38.9 Å². The molecule has 41 heavy (non-hydrogen) atoms. The number of amides is 3. The van der Waals surface area contributed by atoms with Crippen LogP contribution in [0.4, 0.5) is 11.4 Å². The van der Waals surface area contributed by atoms with Crippen molar-refractivity contribution in [3.63, 3.8) is 0 Å². The number of carbonyl (C=O) groups excluding carboxylic acids is 3. The van der Waals surface area contributed by atoms with Gasteiger partial charge in [0.2, 0.25) is 5.91 Å². The summed E-state index contributed by atoms with van der Waals surface area (Å²) < 4.78 is 0.825. The van der Waals surface area contributed by atoms with E-state index in [1.54, 1.807) is 0 Å². The maximum atomic E-state index is 13.0. The summed E-state index contributed by atoms with van der Waals surface area (Å²) in [5.74, 6) is -1.18. The second kappa shape index (κ2) is 12.9. The molecule has 2 heterocycles.